The van der Waals surface area contributed by atoms with Crippen molar-refractivity contribution in [3.63, 3.8) is 0 Å². The van der Waals surface area contributed by atoms with E-state index in [1.807, 2.05) is 0 Å². The number of fused-ring (bicyclic) bond motifs is 4. The predicted octanol–water partition coefficient (Wildman–Crippen LogP) is 0.430. The number of rotatable bonds is 0. The summed E-state index contributed by atoms with van der Waals surface area (Å²) >= 11 is 0. The lowest BCUT2D eigenvalue weighted by molar-refractivity contribution is -0.188. The summed E-state index contributed by atoms with van der Waals surface area (Å²) in [7, 11) is 0. The Hall–Kier alpha value is -2.44. The molecule has 0 amide bonds. The van der Waals surface area contributed by atoms with Gasteiger partial charge in [0.1, 0.15) is 75.3 Å². The summed E-state index contributed by atoms with van der Waals surface area (Å²) in [5, 5.41) is 0. The van der Waals surface area contributed by atoms with Gasteiger partial charge in [0.15, 0.2) is 0 Å². The van der Waals surface area contributed by atoms with Crippen LogP contribution in [0.1, 0.15) is 51.4 Å². The van der Waals surface area contributed by atoms with Crippen molar-refractivity contribution in [1.29, 1.82) is 0 Å². The molecule has 5 aliphatic heterocycles. The molecule has 0 aromatic carbocycles. The largest absolute Gasteiger partial charge is 0.458 e. The molecule has 48 heavy (non-hydrogen) atoms. The molecule has 0 saturated carbocycles. The second-order valence-electron chi connectivity index (χ2n) is 12.4. The van der Waals surface area contributed by atoms with E-state index in [0.29, 0.717) is 77.8 Å². The minimum atomic E-state index is -0.583. The van der Waals surface area contributed by atoms with E-state index in [0.717, 1.165) is 0 Å². The van der Waals surface area contributed by atoms with Gasteiger partial charge in [-0.15, -0.1) is 0 Å². The first-order chi connectivity index (χ1) is 23.4. The average molecular weight is 689 g/mol. The molecular formula is C32H48O16. The highest BCUT2D eigenvalue weighted by molar-refractivity contribution is 5.72. The van der Waals surface area contributed by atoms with E-state index >= 15 is 0 Å². The topological polar surface area (TPSA) is 179 Å². The Kier molecular flexibility index (Phi) is 15.1. The van der Waals surface area contributed by atoms with Crippen LogP contribution in [0.5, 0.6) is 0 Å². The summed E-state index contributed by atoms with van der Waals surface area (Å²) in [4.78, 5) is 50.6. The first-order valence-corrected chi connectivity index (χ1v) is 17.0. The van der Waals surface area contributed by atoms with Crippen LogP contribution in [-0.4, -0.2) is 152 Å². The lowest BCUT2D eigenvalue weighted by atomic mass is 10.1. The molecule has 0 aromatic heterocycles. The Morgan fingerprint density at radius 3 is 0.792 bits per heavy atom. The van der Waals surface area contributed by atoms with Crippen LogP contribution in [0.15, 0.2) is 0 Å². The van der Waals surface area contributed by atoms with Gasteiger partial charge in [0.05, 0.1) is 26.4 Å². The molecule has 16 nitrogen and oxygen atoms in total. The van der Waals surface area contributed by atoms with Crippen molar-refractivity contribution in [3.8, 4) is 0 Å². The van der Waals surface area contributed by atoms with Crippen LogP contribution >= 0.6 is 0 Å². The van der Waals surface area contributed by atoms with Crippen molar-refractivity contribution < 1.29 is 76.0 Å². The third kappa shape index (κ3) is 11.9. The second kappa shape index (κ2) is 19.7. The van der Waals surface area contributed by atoms with Gasteiger partial charge in [-0.3, -0.25) is 0 Å². The van der Waals surface area contributed by atoms with Crippen LogP contribution in [0.25, 0.3) is 0 Å². The molecule has 8 atom stereocenters. The smallest absolute Gasteiger partial charge is 0.332 e. The molecule has 0 radical (unpaired) electrons. The van der Waals surface area contributed by atoms with Gasteiger partial charge in [-0.25, -0.2) is 19.2 Å². The number of carbonyl (C=O) groups is 4. The summed E-state index contributed by atoms with van der Waals surface area (Å²) in [6.45, 7) is 0.618. The van der Waals surface area contributed by atoms with Crippen molar-refractivity contribution in [2.75, 3.05) is 79.3 Å². The van der Waals surface area contributed by atoms with Crippen LogP contribution < -0.4 is 0 Å². The SMILES string of the molecule is O=C1COC[C@H]2OCCC[C@@H]2OC(=O)COC[C@H]2OCCC[C@@H]2OC(=O)COC[C@H]2OCCC[C@@H]2OC(=O)COC[C@H]2OCCC[C@@H]2O1. The molecule has 16 heteroatoms. The Balaban J connectivity index is 1.19. The Morgan fingerprint density at radius 2 is 0.562 bits per heavy atom. The zero-order valence-corrected chi connectivity index (χ0v) is 27.3. The molecule has 0 unspecified atom stereocenters. The Morgan fingerprint density at radius 1 is 0.333 bits per heavy atom. The van der Waals surface area contributed by atoms with E-state index < -0.39 is 72.7 Å². The lowest BCUT2D eigenvalue weighted by Crippen LogP contribution is -2.44. The van der Waals surface area contributed by atoms with Crippen LogP contribution in [0.4, 0.5) is 0 Å². The zero-order valence-electron chi connectivity index (χ0n) is 27.3. The normalized spacial score (nSPS) is 36.5. The third-order valence-electron chi connectivity index (χ3n) is 8.66. The molecule has 0 spiro atoms. The van der Waals surface area contributed by atoms with E-state index in [4.69, 9.17) is 56.8 Å². The fraction of sp³-hybridized carbons (Fsp3) is 0.875. The van der Waals surface area contributed by atoms with Crippen molar-refractivity contribution in [2.45, 2.75) is 100 Å². The number of carbonyl (C=O) groups excluding carboxylic acids is 4. The average Bonchev–Trinajstić information content (AvgIpc) is 3.07. The molecule has 5 heterocycles. The summed E-state index contributed by atoms with van der Waals surface area (Å²) in [5.41, 5.74) is 0. The number of ether oxygens (including phenoxy) is 12. The molecule has 0 aromatic rings. The first-order valence-electron chi connectivity index (χ1n) is 17.0. The molecular weight excluding hydrogens is 640 g/mol. The van der Waals surface area contributed by atoms with Crippen molar-refractivity contribution in [3.05, 3.63) is 0 Å². The van der Waals surface area contributed by atoms with E-state index in [2.05, 4.69) is 0 Å². The molecule has 5 fully saturated rings. The van der Waals surface area contributed by atoms with Crippen LogP contribution in [0.2, 0.25) is 0 Å². The van der Waals surface area contributed by atoms with Gasteiger partial charge in [0.25, 0.3) is 0 Å². The number of hydrogen-bond acceptors (Lipinski definition) is 16. The third-order valence-corrected chi connectivity index (χ3v) is 8.66. The van der Waals surface area contributed by atoms with Gasteiger partial charge in [0.2, 0.25) is 0 Å². The highest BCUT2D eigenvalue weighted by atomic mass is 16.6. The molecule has 0 aliphatic carbocycles. The summed E-state index contributed by atoms with van der Waals surface area (Å²) in [6, 6.07) is 0. The molecule has 5 saturated heterocycles. The maximum Gasteiger partial charge on any atom is 0.332 e. The number of hydrogen-bond donors (Lipinski definition) is 0. The minimum Gasteiger partial charge on any atom is -0.458 e. The van der Waals surface area contributed by atoms with Crippen LogP contribution in [0, 0.1) is 0 Å². The zero-order chi connectivity index (χ0) is 33.6. The van der Waals surface area contributed by atoms with E-state index in [9.17, 15) is 19.2 Å². The summed E-state index contributed by atoms with van der Waals surface area (Å²) in [6.07, 6.45) is 0.483. The summed E-state index contributed by atoms with van der Waals surface area (Å²) in [5.74, 6) is -2.33. The molecule has 0 N–H and O–H groups in total. The van der Waals surface area contributed by atoms with Gasteiger partial charge < -0.3 is 56.8 Å². The lowest BCUT2D eigenvalue weighted by Gasteiger charge is -2.33. The maximum absolute atomic E-state index is 12.6. The molecule has 5 rings (SSSR count). The maximum atomic E-state index is 12.6. The van der Waals surface area contributed by atoms with E-state index in [-0.39, 0.29) is 52.9 Å². The number of esters is 4. The van der Waals surface area contributed by atoms with Crippen LogP contribution in [-0.2, 0) is 76.0 Å². The van der Waals surface area contributed by atoms with Gasteiger partial charge in [-0.2, -0.15) is 0 Å². The van der Waals surface area contributed by atoms with Gasteiger partial charge in [-0.05, 0) is 51.4 Å². The van der Waals surface area contributed by atoms with E-state index in [1.165, 1.54) is 0 Å². The van der Waals surface area contributed by atoms with Crippen molar-refractivity contribution in [2.24, 2.45) is 0 Å². The minimum absolute atomic E-state index is 0.0172. The monoisotopic (exact) mass is 688 g/mol. The van der Waals surface area contributed by atoms with Gasteiger partial charge in [-0.1, -0.05) is 0 Å². The Labute approximate surface area is 279 Å². The fourth-order valence-corrected chi connectivity index (χ4v) is 6.26. The highest BCUT2D eigenvalue weighted by Gasteiger charge is 2.35. The van der Waals surface area contributed by atoms with E-state index in [1.54, 1.807) is 0 Å². The summed E-state index contributed by atoms with van der Waals surface area (Å²) < 4.78 is 68.0. The highest BCUT2D eigenvalue weighted by Crippen LogP contribution is 2.22. The molecule has 272 valence electrons. The van der Waals surface area contributed by atoms with Crippen molar-refractivity contribution >= 4 is 23.9 Å². The van der Waals surface area contributed by atoms with Crippen LogP contribution in [0.3, 0.4) is 0 Å². The first kappa shape index (κ1) is 36.8. The molecule has 0 bridgehead atoms. The van der Waals surface area contributed by atoms with Gasteiger partial charge >= 0.3 is 23.9 Å². The molecule has 5 aliphatic rings. The van der Waals surface area contributed by atoms with Gasteiger partial charge in [0, 0.05) is 26.4 Å². The standard InChI is InChI=1S/C32H48O16/c33-29-17-38-14-26-22(6-2-10-42-26)47-31(35)19-40-16-28-24(8-4-12-44-28)48-32(36)20-39-15-27-23(7-3-11-43-27)46-30(34)18-37-13-25-21(45-29)5-1-9-41-25/h21-28H,1-20H2/t21-,22-,23-,24-,25+,26+,27+,28+/m0/s1. The quantitative estimate of drug-likeness (QED) is 0.252. The predicted molar refractivity (Wildman–Crippen MR) is 159 cm³/mol. The second-order valence-corrected chi connectivity index (χ2v) is 12.4. The fourth-order valence-electron chi connectivity index (χ4n) is 6.26. The van der Waals surface area contributed by atoms with Crippen molar-refractivity contribution in [1.82, 2.24) is 0 Å². The Bertz CT molecular complexity index is 880.